The van der Waals surface area contributed by atoms with E-state index in [2.05, 4.69) is 96.3 Å². The van der Waals surface area contributed by atoms with Crippen molar-refractivity contribution >= 4 is 27.3 Å². The van der Waals surface area contributed by atoms with Gasteiger partial charge in [0.05, 0.1) is 16.6 Å². The molecule has 1 heteroatoms. The van der Waals surface area contributed by atoms with E-state index in [9.17, 15) is 0 Å². The van der Waals surface area contributed by atoms with Crippen LogP contribution in [-0.2, 0) is 0 Å². The summed E-state index contributed by atoms with van der Waals surface area (Å²) in [5.41, 5.74) is 7.63. The Hall–Kier alpha value is -3.06. The summed E-state index contributed by atoms with van der Waals surface area (Å²) < 4.78 is 2.39. The quantitative estimate of drug-likeness (QED) is 0.346. The number of fused-ring (bicyclic) bond motifs is 5. The lowest BCUT2D eigenvalue weighted by atomic mass is 10.0. The predicted octanol–water partition coefficient (Wildman–Crippen LogP) is 6.22. The second kappa shape index (κ2) is 4.97. The zero-order valence-corrected chi connectivity index (χ0v) is 13.5. The molecule has 0 atom stereocenters. The van der Waals surface area contributed by atoms with Gasteiger partial charge < -0.3 is 4.40 Å². The molecule has 0 aliphatic rings. The van der Waals surface area contributed by atoms with E-state index in [1.54, 1.807) is 0 Å². The summed E-state index contributed by atoms with van der Waals surface area (Å²) in [5.74, 6) is 0. The molecular weight excluding hydrogens is 290 g/mol. The Bertz CT molecular complexity index is 1210. The van der Waals surface area contributed by atoms with Gasteiger partial charge in [-0.1, -0.05) is 66.2 Å². The first-order valence-electron chi connectivity index (χ1n) is 8.30. The summed E-state index contributed by atoms with van der Waals surface area (Å²) >= 11 is 0. The highest BCUT2D eigenvalue weighted by Crippen LogP contribution is 2.34. The molecule has 2 heterocycles. The molecule has 0 fully saturated rings. The number of aromatic nitrogens is 1. The number of hydrogen-bond donors (Lipinski definition) is 0. The fourth-order valence-corrected chi connectivity index (χ4v) is 3.70. The van der Waals surface area contributed by atoms with Crippen molar-refractivity contribution in [3.63, 3.8) is 0 Å². The number of nitrogens with zero attached hydrogens (tertiary/aromatic N) is 1. The van der Waals surface area contributed by atoms with E-state index >= 15 is 0 Å². The van der Waals surface area contributed by atoms with Crippen LogP contribution in [0.5, 0.6) is 0 Å². The van der Waals surface area contributed by atoms with Crippen LogP contribution < -0.4 is 0 Å². The van der Waals surface area contributed by atoms with Crippen molar-refractivity contribution in [1.82, 2.24) is 4.40 Å². The third kappa shape index (κ3) is 1.88. The van der Waals surface area contributed by atoms with Crippen LogP contribution >= 0.6 is 0 Å². The first kappa shape index (κ1) is 13.4. The van der Waals surface area contributed by atoms with E-state index in [4.69, 9.17) is 0 Å². The van der Waals surface area contributed by atoms with Crippen LogP contribution in [0.2, 0.25) is 0 Å². The lowest BCUT2D eigenvalue weighted by Gasteiger charge is -2.11. The number of para-hydroxylation sites is 2. The van der Waals surface area contributed by atoms with Crippen LogP contribution in [0, 0.1) is 6.92 Å². The van der Waals surface area contributed by atoms with E-state index in [1.165, 1.54) is 44.0 Å². The van der Waals surface area contributed by atoms with Crippen molar-refractivity contribution in [3.8, 4) is 11.1 Å². The first-order valence-corrected chi connectivity index (χ1v) is 8.30. The Morgan fingerprint density at radius 2 is 1.25 bits per heavy atom. The molecule has 0 N–H and O–H groups in total. The fourth-order valence-electron chi connectivity index (χ4n) is 3.70. The largest absolute Gasteiger partial charge is 0.309 e. The molecule has 5 rings (SSSR count). The molecule has 114 valence electrons. The predicted molar refractivity (Wildman–Crippen MR) is 103 cm³/mol. The number of aryl methyl sites for hydroxylation is 1. The monoisotopic (exact) mass is 307 g/mol. The zero-order chi connectivity index (χ0) is 16.1. The Kier molecular flexibility index (Phi) is 2.77. The molecule has 0 aliphatic heterocycles. The van der Waals surface area contributed by atoms with Crippen molar-refractivity contribution in [3.05, 3.63) is 90.5 Å². The molecular formula is C23H17N. The average Bonchev–Trinajstić information content (AvgIpc) is 3.01. The molecule has 0 bridgehead atoms. The number of rotatable bonds is 1. The van der Waals surface area contributed by atoms with Gasteiger partial charge in [-0.05, 0) is 42.1 Å². The maximum Gasteiger partial charge on any atom is 0.0547 e. The molecule has 3 aromatic carbocycles. The lowest BCUT2D eigenvalue weighted by Crippen LogP contribution is -1.91. The SMILES string of the molecule is Cc1cccc(-c2cc3ccccc3n3c2cc2ccccc23)c1. The summed E-state index contributed by atoms with van der Waals surface area (Å²) in [7, 11) is 0. The summed E-state index contributed by atoms with van der Waals surface area (Å²) in [4.78, 5) is 0. The molecule has 0 saturated carbocycles. The molecule has 24 heavy (non-hydrogen) atoms. The standard InChI is InChI=1S/C23H17N/c1-16-7-6-10-17(13-16)20-14-18-8-2-4-11-21(18)24-22-12-5-3-9-19(22)15-23(20)24/h2-15H,1H3. The molecule has 0 spiro atoms. The second-order valence-electron chi connectivity index (χ2n) is 6.41. The van der Waals surface area contributed by atoms with Crippen LogP contribution in [0.1, 0.15) is 5.56 Å². The first-order chi connectivity index (χ1) is 11.8. The Balaban J connectivity index is 2.03. The van der Waals surface area contributed by atoms with Crippen molar-refractivity contribution in [1.29, 1.82) is 0 Å². The van der Waals surface area contributed by atoms with Gasteiger partial charge in [0.15, 0.2) is 0 Å². The average molecular weight is 307 g/mol. The van der Waals surface area contributed by atoms with Crippen LogP contribution in [0.15, 0.2) is 84.9 Å². The molecule has 0 radical (unpaired) electrons. The van der Waals surface area contributed by atoms with Gasteiger partial charge in [0.2, 0.25) is 0 Å². The normalized spacial score (nSPS) is 11.5. The van der Waals surface area contributed by atoms with Crippen LogP contribution in [0.3, 0.4) is 0 Å². The Labute approximate surface area is 140 Å². The highest BCUT2D eigenvalue weighted by Gasteiger charge is 2.12. The van der Waals surface area contributed by atoms with Gasteiger partial charge in [-0.15, -0.1) is 0 Å². The molecule has 0 amide bonds. The van der Waals surface area contributed by atoms with Gasteiger partial charge in [0, 0.05) is 10.9 Å². The van der Waals surface area contributed by atoms with E-state index in [-0.39, 0.29) is 0 Å². The molecule has 5 aromatic rings. The maximum atomic E-state index is 2.39. The van der Waals surface area contributed by atoms with Gasteiger partial charge in [-0.25, -0.2) is 0 Å². The molecule has 2 aromatic heterocycles. The highest BCUT2D eigenvalue weighted by atomic mass is 14.9. The fraction of sp³-hybridized carbons (Fsp3) is 0.0435. The molecule has 0 aliphatic carbocycles. The van der Waals surface area contributed by atoms with Gasteiger partial charge in [0.25, 0.3) is 0 Å². The molecule has 1 nitrogen and oxygen atoms in total. The lowest BCUT2D eigenvalue weighted by molar-refractivity contribution is 1.33. The Morgan fingerprint density at radius 3 is 1.96 bits per heavy atom. The summed E-state index contributed by atoms with van der Waals surface area (Å²) in [6, 6.07) is 30.6. The minimum absolute atomic E-state index is 1.25. The van der Waals surface area contributed by atoms with Crippen molar-refractivity contribution in [2.24, 2.45) is 0 Å². The van der Waals surface area contributed by atoms with Crippen LogP contribution in [-0.4, -0.2) is 4.40 Å². The van der Waals surface area contributed by atoms with Crippen molar-refractivity contribution < 1.29 is 0 Å². The number of pyridine rings is 1. The summed E-state index contributed by atoms with van der Waals surface area (Å²) in [6.07, 6.45) is 0. The molecule has 0 saturated heterocycles. The zero-order valence-electron chi connectivity index (χ0n) is 13.5. The van der Waals surface area contributed by atoms with E-state index in [0.29, 0.717) is 0 Å². The maximum absolute atomic E-state index is 2.39. The topological polar surface area (TPSA) is 4.41 Å². The number of hydrogen-bond acceptors (Lipinski definition) is 0. The Morgan fingerprint density at radius 1 is 0.583 bits per heavy atom. The minimum Gasteiger partial charge on any atom is -0.309 e. The highest BCUT2D eigenvalue weighted by molar-refractivity contribution is 6.01. The van der Waals surface area contributed by atoms with E-state index in [0.717, 1.165) is 0 Å². The summed E-state index contributed by atoms with van der Waals surface area (Å²) in [6.45, 7) is 2.15. The van der Waals surface area contributed by atoms with Gasteiger partial charge in [0.1, 0.15) is 0 Å². The summed E-state index contributed by atoms with van der Waals surface area (Å²) in [5, 5.41) is 2.55. The number of benzene rings is 3. The van der Waals surface area contributed by atoms with Crippen molar-refractivity contribution in [2.45, 2.75) is 6.92 Å². The third-order valence-corrected chi connectivity index (χ3v) is 4.79. The van der Waals surface area contributed by atoms with Crippen LogP contribution in [0.25, 0.3) is 38.4 Å². The second-order valence-corrected chi connectivity index (χ2v) is 6.41. The smallest absolute Gasteiger partial charge is 0.0547 e. The van der Waals surface area contributed by atoms with Crippen molar-refractivity contribution in [2.75, 3.05) is 0 Å². The van der Waals surface area contributed by atoms with Gasteiger partial charge in [-0.2, -0.15) is 0 Å². The minimum atomic E-state index is 1.25. The van der Waals surface area contributed by atoms with E-state index in [1.807, 2.05) is 0 Å². The van der Waals surface area contributed by atoms with Gasteiger partial charge in [-0.3, -0.25) is 0 Å². The van der Waals surface area contributed by atoms with Crippen LogP contribution in [0.4, 0.5) is 0 Å². The third-order valence-electron chi connectivity index (χ3n) is 4.79. The van der Waals surface area contributed by atoms with E-state index < -0.39 is 0 Å². The molecule has 0 unspecified atom stereocenters. The van der Waals surface area contributed by atoms with Gasteiger partial charge >= 0.3 is 0 Å².